The number of hydrogen-bond acceptors (Lipinski definition) is 5. The summed E-state index contributed by atoms with van der Waals surface area (Å²) in [7, 11) is 1.77. The predicted octanol–water partition coefficient (Wildman–Crippen LogP) is 4.29. The number of hydrogen-bond donors (Lipinski definition) is 0. The minimum Gasteiger partial charge on any atom is -0.452 e. The summed E-state index contributed by atoms with van der Waals surface area (Å²) in [5, 5.41) is 4.99. The van der Waals surface area contributed by atoms with E-state index in [1.54, 1.807) is 36.9 Å². The molecule has 0 unspecified atom stereocenters. The van der Waals surface area contributed by atoms with Crippen molar-refractivity contribution in [3.8, 4) is 11.3 Å². The van der Waals surface area contributed by atoms with Gasteiger partial charge in [-0.3, -0.25) is 9.48 Å². The van der Waals surface area contributed by atoms with Gasteiger partial charge in [0.15, 0.2) is 12.3 Å². The van der Waals surface area contributed by atoms with Crippen LogP contribution in [0, 0.1) is 12.7 Å². The molecule has 0 bridgehead atoms. The van der Waals surface area contributed by atoms with E-state index in [0.29, 0.717) is 40.1 Å². The van der Waals surface area contributed by atoms with Crippen LogP contribution < -0.4 is 0 Å². The topological polar surface area (TPSA) is 77.3 Å². The maximum atomic E-state index is 13.5. The Morgan fingerprint density at radius 1 is 1.09 bits per heavy atom. The third-order valence-corrected chi connectivity index (χ3v) is 5.58. The molecule has 4 aromatic rings. The van der Waals surface area contributed by atoms with E-state index in [9.17, 15) is 14.0 Å². The van der Waals surface area contributed by atoms with E-state index in [0.717, 1.165) is 5.56 Å². The van der Waals surface area contributed by atoms with Crippen molar-refractivity contribution in [1.29, 1.82) is 0 Å². The summed E-state index contributed by atoms with van der Waals surface area (Å²) >= 11 is 0. The highest BCUT2D eigenvalue weighted by Crippen LogP contribution is 2.27. The normalized spacial score (nSPS) is 10.9. The lowest BCUT2D eigenvalue weighted by Crippen LogP contribution is -2.34. The lowest BCUT2D eigenvalue weighted by Gasteiger charge is -2.21. The number of rotatable bonds is 7. The van der Waals surface area contributed by atoms with Crippen LogP contribution in [0.4, 0.5) is 4.39 Å². The molecule has 0 N–H and O–H groups in total. The molecule has 0 fully saturated rings. The van der Waals surface area contributed by atoms with Gasteiger partial charge in [-0.05, 0) is 37.6 Å². The second-order valence-corrected chi connectivity index (χ2v) is 7.94. The minimum absolute atomic E-state index is 0.226. The summed E-state index contributed by atoms with van der Waals surface area (Å²) in [5.41, 5.74) is 3.62. The van der Waals surface area contributed by atoms with E-state index in [4.69, 9.17) is 4.74 Å². The molecule has 174 valence electrons. The number of aryl methyl sites for hydroxylation is 2. The Hall–Kier alpha value is -4.07. The number of halogens is 1. The fraction of sp³-hybridized carbons (Fsp3) is 0.231. The molecule has 2 heterocycles. The molecule has 0 aliphatic rings. The highest BCUT2D eigenvalue weighted by atomic mass is 19.1. The number of amides is 1. The Kier molecular flexibility index (Phi) is 6.67. The largest absolute Gasteiger partial charge is 0.452 e. The predicted molar refractivity (Wildman–Crippen MR) is 126 cm³/mol. The smallest absolute Gasteiger partial charge is 0.339 e. The fourth-order valence-corrected chi connectivity index (χ4v) is 3.89. The molecule has 2 aromatic heterocycles. The van der Waals surface area contributed by atoms with E-state index in [2.05, 4.69) is 10.1 Å². The van der Waals surface area contributed by atoms with Crippen LogP contribution in [-0.2, 0) is 23.1 Å². The highest BCUT2D eigenvalue weighted by Gasteiger charge is 2.22. The van der Waals surface area contributed by atoms with Crippen LogP contribution in [0.3, 0.4) is 0 Å². The van der Waals surface area contributed by atoms with E-state index in [1.807, 2.05) is 37.3 Å². The number of carbonyl (C=O) groups excluding carboxylic acids is 2. The van der Waals surface area contributed by atoms with Crippen molar-refractivity contribution in [2.45, 2.75) is 20.4 Å². The third-order valence-electron chi connectivity index (χ3n) is 5.58. The quantitative estimate of drug-likeness (QED) is 0.385. The maximum absolute atomic E-state index is 13.5. The summed E-state index contributed by atoms with van der Waals surface area (Å²) in [6, 6.07) is 17.2. The van der Waals surface area contributed by atoms with Crippen LogP contribution in [0.5, 0.6) is 0 Å². The third kappa shape index (κ3) is 4.80. The van der Waals surface area contributed by atoms with Gasteiger partial charge in [-0.2, -0.15) is 5.10 Å². The molecule has 8 heteroatoms. The standard InChI is InChI=1S/C26H25FN4O3/c1-4-31(15-18-9-8-12-20(27)13-18)23(32)16-34-26(33)21-14-22(19-10-6-5-7-11-19)28-25-24(21)17(2)29-30(25)3/h5-14H,4,15-16H2,1-3H3. The number of likely N-dealkylation sites (N-methyl/N-ethyl adjacent to an activating group) is 1. The van der Waals surface area contributed by atoms with Crippen LogP contribution in [0.25, 0.3) is 22.3 Å². The zero-order chi connectivity index (χ0) is 24.2. The first-order valence-electron chi connectivity index (χ1n) is 11.0. The van der Waals surface area contributed by atoms with Crippen LogP contribution in [-0.4, -0.2) is 44.7 Å². The van der Waals surface area contributed by atoms with Crippen molar-refractivity contribution in [1.82, 2.24) is 19.7 Å². The molecule has 0 spiro atoms. The minimum atomic E-state index is -0.629. The Balaban J connectivity index is 1.57. The summed E-state index contributed by atoms with van der Waals surface area (Å²) in [4.78, 5) is 32.1. The number of pyridine rings is 1. The van der Waals surface area contributed by atoms with Gasteiger partial charge in [-0.1, -0.05) is 42.5 Å². The monoisotopic (exact) mass is 460 g/mol. The second-order valence-electron chi connectivity index (χ2n) is 7.94. The fourth-order valence-electron chi connectivity index (χ4n) is 3.89. The number of ether oxygens (including phenoxy) is 1. The van der Waals surface area contributed by atoms with Crippen LogP contribution in [0.1, 0.15) is 28.5 Å². The Labute approximate surface area is 196 Å². The molecule has 7 nitrogen and oxygen atoms in total. The number of fused-ring (bicyclic) bond motifs is 1. The average Bonchev–Trinajstić information content (AvgIpc) is 3.14. The van der Waals surface area contributed by atoms with Gasteiger partial charge in [0.1, 0.15) is 5.82 Å². The van der Waals surface area contributed by atoms with Crippen molar-refractivity contribution in [2.75, 3.05) is 13.2 Å². The molecule has 0 atom stereocenters. The van der Waals surface area contributed by atoms with E-state index >= 15 is 0 Å². The van der Waals surface area contributed by atoms with Gasteiger partial charge in [-0.15, -0.1) is 0 Å². The molecule has 0 aliphatic heterocycles. The summed E-state index contributed by atoms with van der Waals surface area (Å²) < 4.78 is 20.5. The first-order valence-corrected chi connectivity index (χ1v) is 11.0. The lowest BCUT2D eigenvalue weighted by molar-refractivity contribution is -0.134. The number of aromatic nitrogens is 3. The molecule has 2 aromatic carbocycles. The molecule has 34 heavy (non-hydrogen) atoms. The van der Waals surface area contributed by atoms with Crippen molar-refractivity contribution < 1.29 is 18.7 Å². The Bertz CT molecular complexity index is 1350. The molecule has 0 saturated heterocycles. The molecule has 0 radical (unpaired) electrons. The van der Waals surface area contributed by atoms with E-state index < -0.39 is 12.6 Å². The van der Waals surface area contributed by atoms with Crippen molar-refractivity contribution in [2.24, 2.45) is 7.05 Å². The molecular weight excluding hydrogens is 435 g/mol. The van der Waals surface area contributed by atoms with Crippen LogP contribution in [0.2, 0.25) is 0 Å². The zero-order valence-corrected chi connectivity index (χ0v) is 19.3. The van der Waals surface area contributed by atoms with Crippen LogP contribution >= 0.6 is 0 Å². The van der Waals surface area contributed by atoms with Crippen molar-refractivity contribution in [3.63, 3.8) is 0 Å². The zero-order valence-electron chi connectivity index (χ0n) is 19.3. The summed E-state index contributed by atoms with van der Waals surface area (Å²) in [6.07, 6.45) is 0. The van der Waals surface area contributed by atoms with E-state index in [1.165, 1.54) is 17.0 Å². The van der Waals surface area contributed by atoms with Crippen LogP contribution in [0.15, 0.2) is 60.7 Å². The van der Waals surface area contributed by atoms with Crippen molar-refractivity contribution in [3.05, 3.63) is 83.3 Å². The molecular formula is C26H25FN4O3. The van der Waals surface area contributed by atoms with E-state index in [-0.39, 0.29) is 18.3 Å². The van der Waals surface area contributed by atoms with Gasteiger partial charge in [0.25, 0.3) is 5.91 Å². The summed E-state index contributed by atoms with van der Waals surface area (Å²) in [5.74, 6) is -1.36. The van der Waals surface area contributed by atoms with Gasteiger partial charge < -0.3 is 9.64 Å². The van der Waals surface area contributed by atoms with Gasteiger partial charge >= 0.3 is 5.97 Å². The number of esters is 1. The van der Waals surface area contributed by atoms with Gasteiger partial charge in [-0.25, -0.2) is 14.2 Å². The molecule has 0 aliphatic carbocycles. The Morgan fingerprint density at radius 2 is 1.85 bits per heavy atom. The first-order chi connectivity index (χ1) is 16.4. The lowest BCUT2D eigenvalue weighted by atomic mass is 10.1. The highest BCUT2D eigenvalue weighted by molar-refractivity contribution is 6.05. The van der Waals surface area contributed by atoms with Gasteiger partial charge in [0.05, 0.1) is 22.3 Å². The van der Waals surface area contributed by atoms with Crippen molar-refractivity contribution >= 4 is 22.9 Å². The summed E-state index contributed by atoms with van der Waals surface area (Å²) in [6.45, 7) is 3.81. The average molecular weight is 461 g/mol. The maximum Gasteiger partial charge on any atom is 0.339 e. The number of carbonyl (C=O) groups is 2. The van der Waals surface area contributed by atoms with Gasteiger partial charge in [0.2, 0.25) is 0 Å². The Morgan fingerprint density at radius 3 is 2.56 bits per heavy atom. The molecule has 1 amide bonds. The molecule has 4 rings (SSSR count). The molecule has 0 saturated carbocycles. The first kappa shape index (κ1) is 23.1. The number of nitrogens with zero attached hydrogens (tertiary/aromatic N) is 4. The SMILES string of the molecule is CCN(Cc1cccc(F)c1)C(=O)COC(=O)c1cc(-c2ccccc2)nc2c1c(C)nn2C. The van der Waals surface area contributed by atoms with Gasteiger partial charge in [0, 0.05) is 25.7 Å². The second kappa shape index (κ2) is 9.82. The number of benzene rings is 2.